The number of esters is 2. The molecule has 0 saturated carbocycles. The number of hydrogen-bond acceptors (Lipinski definition) is 5. The highest BCUT2D eigenvalue weighted by Crippen LogP contribution is 2.44. The average molecular weight is 524 g/mol. The Labute approximate surface area is 218 Å². The van der Waals surface area contributed by atoms with Crippen molar-refractivity contribution < 1.29 is 23.8 Å². The molecule has 0 aliphatic carbocycles. The largest absolute Gasteiger partial charge is 0.489 e. The third kappa shape index (κ3) is 4.66. The highest BCUT2D eigenvalue weighted by atomic mass is 35.5. The van der Waals surface area contributed by atoms with E-state index in [4.69, 9.17) is 37.4 Å². The fraction of sp³-hybridized carbons (Fsp3) is 0.214. The molecule has 4 aromatic rings. The Hall–Kier alpha value is -3.48. The molecule has 0 radical (unpaired) electrons. The van der Waals surface area contributed by atoms with E-state index in [0.29, 0.717) is 21.4 Å². The summed E-state index contributed by atoms with van der Waals surface area (Å²) in [5, 5.41) is 1.89. The molecular formula is C28H23Cl2NO5. The van der Waals surface area contributed by atoms with Gasteiger partial charge in [0, 0.05) is 58.0 Å². The molecule has 1 atom stereocenters. The molecule has 0 amide bonds. The first kappa shape index (κ1) is 24.2. The first-order valence-electron chi connectivity index (χ1n) is 11.4. The van der Waals surface area contributed by atoms with Gasteiger partial charge in [0.2, 0.25) is 0 Å². The van der Waals surface area contributed by atoms with E-state index in [-0.39, 0.29) is 6.61 Å². The number of aromatic amines is 1. The SMILES string of the molecule is CC1(C)OC(=O)C([C@H](c2ccccc2OCc2ccc(Cl)cc2Cl)c2c[nH]c3ccccc23)C(=O)O1. The average Bonchev–Trinajstić information content (AvgIpc) is 3.24. The number of carbonyl (C=O) groups excluding carboxylic acids is 2. The zero-order valence-corrected chi connectivity index (χ0v) is 21.1. The van der Waals surface area contributed by atoms with E-state index in [1.54, 1.807) is 24.3 Å². The molecule has 1 fully saturated rings. The van der Waals surface area contributed by atoms with E-state index < -0.39 is 29.6 Å². The Bertz CT molecular complexity index is 1440. The standard InChI is InChI=1S/C28H23Cl2NO5/c1-28(2)35-26(32)25(27(33)36-28)24(20-14-31-22-9-5-3-7-18(20)22)19-8-4-6-10-23(19)34-15-16-11-12-17(29)13-21(16)30/h3-14,24-25,31H,15H2,1-2H3/t24-/m1/s1. The molecule has 6 nitrogen and oxygen atoms in total. The van der Waals surface area contributed by atoms with Crippen molar-refractivity contribution in [1.29, 1.82) is 0 Å². The summed E-state index contributed by atoms with van der Waals surface area (Å²) in [4.78, 5) is 29.7. The Morgan fingerprint density at radius 3 is 2.39 bits per heavy atom. The lowest BCUT2D eigenvalue weighted by atomic mass is 9.79. The van der Waals surface area contributed by atoms with Crippen molar-refractivity contribution in [2.75, 3.05) is 0 Å². The van der Waals surface area contributed by atoms with Crippen LogP contribution in [0, 0.1) is 5.92 Å². The van der Waals surface area contributed by atoms with Crippen LogP contribution < -0.4 is 4.74 Å². The van der Waals surface area contributed by atoms with E-state index in [0.717, 1.165) is 22.0 Å². The van der Waals surface area contributed by atoms with Gasteiger partial charge in [-0.15, -0.1) is 0 Å². The third-order valence-corrected chi connectivity index (χ3v) is 6.73. The number of aromatic nitrogens is 1. The molecule has 0 bridgehead atoms. The van der Waals surface area contributed by atoms with Crippen molar-refractivity contribution in [1.82, 2.24) is 4.98 Å². The Balaban J connectivity index is 1.60. The third-order valence-electron chi connectivity index (χ3n) is 6.14. The lowest BCUT2D eigenvalue weighted by Crippen LogP contribution is -2.48. The smallest absolute Gasteiger partial charge is 0.324 e. The first-order valence-corrected chi connectivity index (χ1v) is 12.2. The Morgan fingerprint density at radius 2 is 1.64 bits per heavy atom. The monoisotopic (exact) mass is 523 g/mol. The van der Waals surface area contributed by atoms with E-state index in [1.807, 2.05) is 48.7 Å². The molecule has 1 saturated heterocycles. The number of rotatable bonds is 6. The minimum atomic E-state index is -1.34. The van der Waals surface area contributed by atoms with Gasteiger partial charge in [0.1, 0.15) is 12.4 Å². The second-order valence-electron chi connectivity index (χ2n) is 9.05. The summed E-state index contributed by atoms with van der Waals surface area (Å²) in [5.41, 5.74) is 3.02. The van der Waals surface area contributed by atoms with Crippen LogP contribution in [0.2, 0.25) is 10.0 Å². The van der Waals surface area contributed by atoms with Crippen LogP contribution in [0.5, 0.6) is 5.75 Å². The van der Waals surface area contributed by atoms with Gasteiger partial charge in [-0.2, -0.15) is 0 Å². The number of fused-ring (bicyclic) bond motifs is 1. The lowest BCUT2D eigenvalue weighted by molar-refractivity contribution is -0.240. The van der Waals surface area contributed by atoms with Gasteiger partial charge in [0.05, 0.1) is 0 Å². The number of para-hydroxylation sites is 2. The van der Waals surface area contributed by atoms with Gasteiger partial charge < -0.3 is 19.2 Å². The summed E-state index contributed by atoms with van der Waals surface area (Å²) >= 11 is 12.4. The van der Waals surface area contributed by atoms with E-state index in [1.165, 1.54) is 13.8 Å². The number of nitrogens with one attached hydrogen (secondary N) is 1. The molecular weight excluding hydrogens is 501 g/mol. The summed E-state index contributed by atoms with van der Waals surface area (Å²) in [6.07, 6.45) is 1.81. The van der Waals surface area contributed by atoms with Crippen molar-refractivity contribution in [2.24, 2.45) is 5.92 Å². The second-order valence-corrected chi connectivity index (χ2v) is 9.89. The molecule has 36 heavy (non-hydrogen) atoms. The molecule has 184 valence electrons. The summed E-state index contributed by atoms with van der Waals surface area (Å²) in [5.74, 6) is -4.08. The van der Waals surface area contributed by atoms with Crippen molar-refractivity contribution in [3.05, 3.63) is 99.7 Å². The van der Waals surface area contributed by atoms with Crippen LogP contribution in [0.3, 0.4) is 0 Å². The number of ether oxygens (including phenoxy) is 3. The molecule has 1 N–H and O–H groups in total. The molecule has 1 aliphatic heterocycles. The van der Waals surface area contributed by atoms with Crippen molar-refractivity contribution in [3.63, 3.8) is 0 Å². The molecule has 8 heteroatoms. The molecule has 0 spiro atoms. The molecule has 1 aliphatic rings. The van der Waals surface area contributed by atoms with E-state index in [9.17, 15) is 9.59 Å². The highest BCUT2D eigenvalue weighted by Gasteiger charge is 2.49. The maximum atomic E-state index is 13.2. The number of halogens is 2. The van der Waals surface area contributed by atoms with Gasteiger partial charge in [-0.25, -0.2) is 0 Å². The number of hydrogen-bond donors (Lipinski definition) is 1. The Kier molecular flexibility index (Phi) is 6.41. The van der Waals surface area contributed by atoms with Crippen molar-refractivity contribution in [2.45, 2.75) is 32.2 Å². The second kappa shape index (κ2) is 9.52. The van der Waals surface area contributed by atoms with Crippen LogP contribution >= 0.6 is 23.2 Å². The molecule has 2 heterocycles. The number of cyclic esters (lactones) is 2. The van der Waals surface area contributed by atoms with Gasteiger partial charge >= 0.3 is 11.9 Å². The fourth-order valence-electron chi connectivity index (χ4n) is 4.54. The maximum absolute atomic E-state index is 13.2. The topological polar surface area (TPSA) is 77.6 Å². The van der Waals surface area contributed by atoms with Gasteiger partial charge in [0.15, 0.2) is 5.92 Å². The van der Waals surface area contributed by atoms with Crippen LogP contribution in [0.1, 0.15) is 36.5 Å². The molecule has 0 unspecified atom stereocenters. The Morgan fingerprint density at radius 1 is 0.944 bits per heavy atom. The maximum Gasteiger partial charge on any atom is 0.324 e. The van der Waals surface area contributed by atoms with Crippen LogP contribution in [0.4, 0.5) is 0 Å². The minimum Gasteiger partial charge on any atom is -0.489 e. The van der Waals surface area contributed by atoms with Gasteiger partial charge in [0.25, 0.3) is 5.79 Å². The first-order chi connectivity index (χ1) is 17.2. The number of H-pyrrole nitrogens is 1. The van der Waals surface area contributed by atoms with Crippen LogP contribution in [0.25, 0.3) is 10.9 Å². The number of carbonyl (C=O) groups is 2. The van der Waals surface area contributed by atoms with Crippen LogP contribution in [0.15, 0.2) is 72.9 Å². The van der Waals surface area contributed by atoms with E-state index in [2.05, 4.69) is 4.98 Å². The zero-order valence-electron chi connectivity index (χ0n) is 19.6. The summed E-state index contributed by atoms with van der Waals surface area (Å²) in [6.45, 7) is 3.24. The summed E-state index contributed by atoms with van der Waals surface area (Å²) < 4.78 is 17.2. The van der Waals surface area contributed by atoms with Crippen molar-refractivity contribution in [3.8, 4) is 5.75 Å². The van der Waals surface area contributed by atoms with Gasteiger partial charge in [-0.1, -0.05) is 65.7 Å². The quantitative estimate of drug-likeness (QED) is 0.226. The molecule has 5 rings (SSSR count). The zero-order chi connectivity index (χ0) is 25.4. The van der Waals surface area contributed by atoms with Crippen LogP contribution in [-0.4, -0.2) is 22.7 Å². The lowest BCUT2D eigenvalue weighted by Gasteiger charge is -2.36. The predicted octanol–water partition coefficient (Wildman–Crippen LogP) is 6.64. The summed E-state index contributed by atoms with van der Waals surface area (Å²) in [6, 6.07) is 20.2. The van der Waals surface area contributed by atoms with E-state index >= 15 is 0 Å². The molecule has 3 aromatic carbocycles. The molecule has 1 aromatic heterocycles. The van der Waals surface area contributed by atoms with Gasteiger partial charge in [-0.05, 0) is 29.8 Å². The number of benzene rings is 3. The van der Waals surface area contributed by atoms with Crippen LogP contribution in [-0.2, 0) is 25.7 Å². The summed E-state index contributed by atoms with van der Waals surface area (Å²) in [7, 11) is 0. The fourth-order valence-corrected chi connectivity index (χ4v) is 5.00. The predicted molar refractivity (Wildman–Crippen MR) is 137 cm³/mol. The normalized spacial score (nSPS) is 16.4. The highest BCUT2D eigenvalue weighted by molar-refractivity contribution is 6.35. The van der Waals surface area contributed by atoms with Gasteiger partial charge in [-0.3, -0.25) is 9.59 Å². The van der Waals surface area contributed by atoms with Crippen molar-refractivity contribution >= 4 is 46.0 Å². The minimum absolute atomic E-state index is 0.167.